The van der Waals surface area contributed by atoms with Gasteiger partial charge in [-0.25, -0.2) is 14.8 Å². The van der Waals surface area contributed by atoms with E-state index >= 15 is 0 Å². The summed E-state index contributed by atoms with van der Waals surface area (Å²) in [5.41, 5.74) is -0.929. The van der Waals surface area contributed by atoms with Crippen LogP contribution in [-0.2, 0) is 21.7 Å². The number of ether oxygens (including phenoxy) is 1. The molecule has 2 aromatic rings. The molecule has 1 aromatic carbocycles. The van der Waals surface area contributed by atoms with Gasteiger partial charge in [0, 0.05) is 61.1 Å². The van der Waals surface area contributed by atoms with Gasteiger partial charge >= 0.3 is 12.3 Å². The van der Waals surface area contributed by atoms with Crippen molar-refractivity contribution < 1.29 is 26.9 Å². The van der Waals surface area contributed by atoms with Crippen LogP contribution in [0.5, 0.6) is 0 Å². The first-order chi connectivity index (χ1) is 16.2. The summed E-state index contributed by atoms with van der Waals surface area (Å²) in [4.78, 5) is 24.0. The van der Waals surface area contributed by atoms with Crippen molar-refractivity contribution in [3.63, 3.8) is 0 Å². The largest absolute Gasteiger partial charge is 0.444 e. The molecule has 3 rings (SSSR count). The standard InChI is InChI=1S/C21H22F3N5O2.C2H6OS/c1-20(2,3)31-19(30)29-9-7-28(8-10-29)18-12-16(26-17(13-25)27-18)14-5-4-6-15(11-14)21(22,23)24;1-4(2)3/h4-6,11-12H,7-10H2,1-3H3;1-2H3. The number of hydrogen-bond donors (Lipinski definition) is 0. The van der Waals surface area contributed by atoms with Crippen molar-refractivity contribution in [3.05, 3.63) is 41.7 Å². The lowest BCUT2D eigenvalue weighted by Crippen LogP contribution is -2.50. The number of anilines is 1. The van der Waals surface area contributed by atoms with Gasteiger partial charge in [0.2, 0.25) is 5.82 Å². The zero-order chi connectivity index (χ0) is 26.4. The molecule has 1 aliphatic rings. The molecule has 0 radical (unpaired) electrons. The van der Waals surface area contributed by atoms with Gasteiger partial charge in [0.1, 0.15) is 17.5 Å². The van der Waals surface area contributed by atoms with Crippen LogP contribution in [-0.4, -0.2) is 69.5 Å². The number of aromatic nitrogens is 2. The van der Waals surface area contributed by atoms with Crippen molar-refractivity contribution >= 4 is 22.7 Å². The molecule has 12 heteroatoms. The average Bonchev–Trinajstić information content (AvgIpc) is 2.77. The van der Waals surface area contributed by atoms with E-state index in [0.29, 0.717) is 32.0 Å². The lowest BCUT2D eigenvalue weighted by Gasteiger charge is -2.36. The molecule has 0 bridgehead atoms. The highest BCUT2D eigenvalue weighted by atomic mass is 32.2. The van der Waals surface area contributed by atoms with Gasteiger partial charge < -0.3 is 14.5 Å². The van der Waals surface area contributed by atoms with Crippen molar-refractivity contribution in [2.45, 2.75) is 32.5 Å². The van der Waals surface area contributed by atoms with Gasteiger partial charge in [0.25, 0.3) is 0 Å². The van der Waals surface area contributed by atoms with Gasteiger partial charge in [-0.05, 0) is 32.9 Å². The van der Waals surface area contributed by atoms with E-state index in [9.17, 15) is 27.4 Å². The molecule has 1 amide bonds. The number of carbonyl (C=O) groups excluding carboxylic acids is 1. The second kappa shape index (κ2) is 11.5. The Kier molecular flexibility index (Phi) is 9.20. The molecule has 190 valence electrons. The zero-order valence-electron chi connectivity index (χ0n) is 20.2. The van der Waals surface area contributed by atoms with Crippen molar-refractivity contribution in [3.8, 4) is 17.3 Å². The molecule has 0 saturated carbocycles. The fourth-order valence-electron chi connectivity index (χ4n) is 3.09. The first kappa shape index (κ1) is 28.0. The van der Waals surface area contributed by atoms with Crippen molar-refractivity contribution in [1.82, 2.24) is 14.9 Å². The second-order valence-electron chi connectivity index (χ2n) is 8.82. The molecule has 0 aliphatic carbocycles. The molecule has 2 heterocycles. The van der Waals surface area contributed by atoms with E-state index in [4.69, 9.17) is 4.74 Å². The zero-order valence-corrected chi connectivity index (χ0v) is 21.0. The lowest BCUT2D eigenvalue weighted by molar-refractivity contribution is -0.137. The topological polar surface area (TPSA) is 99.4 Å². The molecule has 35 heavy (non-hydrogen) atoms. The van der Waals surface area contributed by atoms with Crippen molar-refractivity contribution in [2.24, 2.45) is 0 Å². The van der Waals surface area contributed by atoms with E-state index in [1.54, 1.807) is 44.2 Å². The molecular formula is C23H28F3N5O3S. The quantitative estimate of drug-likeness (QED) is 0.599. The number of amides is 1. The molecule has 0 atom stereocenters. The fraction of sp³-hybridized carbons (Fsp3) is 0.478. The number of carbonyl (C=O) groups is 1. The molecule has 0 spiro atoms. The Morgan fingerprint density at radius 2 is 1.69 bits per heavy atom. The van der Waals surface area contributed by atoms with E-state index in [0.717, 1.165) is 12.1 Å². The van der Waals surface area contributed by atoms with Gasteiger partial charge in [-0.3, -0.25) is 4.21 Å². The molecule has 1 saturated heterocycles. The Labute approximate surface area is 205 Å². The van der Waals surface area contributed by atoms with Crippen LogP contribution in [0, 0.1) is 11.3 Å². The van der Waals surface area contributed by atoms with Crippen molar-refractivity contribution in [2.75, 3.05) is 43.6 Å². The normalized spacial score (nSPS) is 14.2. The number of rotatable bonds is 2. The molecular weight excluding hydrogens is 483 g/mol. The van der Waals surface area contributed by atoms with Crippen molar-refractivity contribution in [1.29, 1.82) is 5.26 Å². The predicted molar refractivity (Wildman–Crippen MR) is 127 cm³/mol. The molecule has 1 fully saturated rings. The van der Waals surface area contributed by atoms with Gasteiger partial charge in [-0.2, -0.15) is 18.4 Å². The Bertz CT molecular complexity index is 1100. The molecule has 0 unspecified atom stereocenters. The van der Waals surface area contributed by atoms with E-state index in [1.165, 1.54) is 12.1 Å². The second-order valence-corrected chi connectivity index (χ2v) is 10.3. The van der Waals surface area contributed by atoms with Crippen LogP contribution >= 0.6 is 0 Å². The Hall–Kier alpha value is -3.20. The SMILES string of the molecule is CC(C)(C)OC(=O)N1CCN(c2cc(-c3cccc(C(F)(F)F)c3)nc(C#N)n2)CC1.CS(C)=O. The third kappa shape index (κ3) is 8.83. The van der Waals surface area contributed by atoms with E-state index in [-0.39, 0.29) is 17.1 Å². The highest BCUT2D eigenvalue weighted by Gasteiger charge is 2.31. The van der Waals surface area contributed by atoms with Gasteiger partial charge in [-0.15, -0.1) is 0 Å². The lowest BCUT2D eigenvalue weighted by atomic mass is 10.1. The minimum atomic E-state index is -4.48. The van der Waals surface area contributed by atoms with Crippen LogP contribution in [0.3, 0.4) is 0 Å². The average molecular weight is 512 g/mol. The van der Waals surface area contributed by atoms with E-state index < -0.39 is 34.2 Å². The molecule has 1 aromatic heterocycles. The summed E-state index contributed by atoms with van der Waals surface area (Å²) in [6, 6.07) is 8.19. The number of nitriles is 1. The number of piperazine rings is 1. The van der Waals surface area contributed by atoms with Gasteiger partial charge in [-0.1, -0.05) is 12.1 Å². The van der Waals surface area contributed by atoms with E-state index in [1.807, 2.05) is 11.0 Å². The predicted octanol–water partition coefficient (Wildman–Crippen LogP) is 4.09. The van der Waals surface area contributed by atoms with Gasteiger partial charge in [0.05, 0.1) is 11.3 Å². The summed E-state index contributed by atoms with van der Waals surface area (Å²) < 4.78 is 54.1. The third-order valence-electron chi connectivity index (χ3n) is 4.55. The highest BCUT2D eigenvalue weighted by Crippen LogP contribution is 2.32. The van der Waals surface area contributed by atoms with E-state index in [2.05, 4.69) is 9.97 Å². The smallest absolute Gasteiger partial charge is 0.416 e. The first-order valence-corrected chi connectivity index (χ1v) is 12.6. The molecule has 1 aliphatic heterocycles. The summed E-state index contributed by atoms with van der Waals surface area (Å²) >= 11 is 0. The maximum absolute atomic E-state index is 13.1. The third-order valence-corrected chi connectivity index (χ3v) is 4.55. The number of hydrogen-bond acceptors (Lipinski definition) is 7. The number of alkyl halides is 3. The number of halogens is 3. The minimum absolute atomic E-state index is 0.139. The highest BCUT2D eigenvalue weighted by molar-refractivity contribution is 7.83. The van der Waals surface area contributed by atoms with Crippen LogP contribution in [0.15, 0.2) is 30.3 Å². The summed E-state index contributed by atoms with van der Waals surface area (Å²) in [6.07, 6.45) is -1.61. The molecule has 0 N–H and O–H groups in total. The Balaban J connectivity index is 0.00000100. The first-order valence-electron chi connectivity index (χ1n) is 10.6. The Morgan fingerprint density at radius 1 is 1.09 bits per heavy atom. The maximum atomic E-state index is 13.1. The van der Waals surface area contributed by atoms with Crippen LogP contribution in [0.4, 0.5) is 23.8 Å². The Morgan fingerprint density at radius 3 is 2.20 bits per heavy atom. The minimum Gasteiger partial charge on any atom is -0.444 e. The van der Waals surface area contributed by atoms with Crippen LogP contribution in [0.2, 0.25) is 0 Å². The fourth-order valence-corrected chi connectivity index (χ4v) is 3.09. The monoisotopic (exact) mass is 511 g/mol. The van der Waals surface area contributed by atoms with Crippen LogP contribution in [0.1, 0.15) is 32.2 Å². The summed E-state index contributed by atoms with van der Waals surface area (Å²) in [5, 5.41) is 9.30. The summed E-state index contributed by atoms with van der Waals surface area (Å²) in [5.74, 6) is 0.280. The number of benzene rings is 1. The van der Waals surface area contributed by atoms with Crippen LogP contribution < -0.4 is 4.90 Å². The maximum Gasteiger partial charge on any atom is 0.416 e. The van der Waals surface area contributed by atoms with Gasteiger partial charge in [0.15, 0.2) is 0 Å². The number of nitrogens with zero attached hydrogens (tertiary/aromatic N) is 5. The molecule has 8 nitrogen and oxygen atoms in total. The summed E-state index contributed by atoms with van der Waals surface area (Å²) in [6.45, 7) is 7.02. The van der Waals surface area contributed by atoms with Crippen LogP contribution in [0.25, 0.3) is 11.3 Å². The summed E-state index contributed by atoms with van der Waals surface area (Å²) in [7, 11) is -0.611.